The van der Waals surface area contributed by atoms with Crippen molar-refractivity contribution in [2.75, 3.05) is 0 Å². The standard InChI is InChI=1S/2C8H11N.2ClH.Co/c2*1-2-3-8-4-6-9-7-5-8;;;/h2*4-7H,2-3H2,1H3;2*1H;/q;;;;+2/p-2. The molecule has 0 atom stereocenters. The van der Waals surface area contributed by atoms with Gasteiger partial charge in [0.25, 0.3) is 0 Å². The molecule has 0 aromatic carbocycles. The third-order valence-corrected chi connectivity index (χ3v) is 2.58. The van der Waals surface area contributed by atoms with Gasteiger partial charge >= 0.3 is 33.2 Å². The number of nitrogens with zero attached hydrogens (tertiary/aromatic N) is 2. The van der Waals surface area contributed by atoms with Crippen LogP contribution in [-0.2, 0) is 25.7 Å². The molecule has 119 valence electrons. The third kappa shape index (κ3) is 12.8. The number of pyridine rings is 2. The van der Waals surface area contributed by atoms with Gasteiger partial charge in [0.15, 0.2) is 0 Å². The van der Waals surface area contributed by atoms with E-state index in [0.29, 0.717) is 12.9 Å². The molecule has 0 unspecified atom stereocenters. The molecule has 2 rings (SSSR count). The van der Waals surface area contributed by atoms with Crippen LogP contribution >= 0.6 is 20.3 Å². The van der Waals surface area contributed by atoms with Gasteiger partial charge in [-0.3, -0.25) is 9.97 Å². The van der Waals surface area contributed by atoms with Gasteiger partial charge in [0.05, 0.1) is 0 Å². The second-order valence-corrected chi connectivity index (χ2v) is 5.98. The molecule has 0 saturated carbocycles. The van der Waals surface area contributed by atoms with Gasteiger partial charge in [-0.2, -0.15) is 0 Å². The monoisotopic (exact) mass is 371 g/mol. The Labute approximate surface area is 142 Å². The molecular weight excluding hydrogens is 350 g/mol. The second kappa shape index (κ2) is 15.8. The minimum atomic E-state index is 0.382. The van der Waals surface area contributed by atoms with Crippen LogP contribution in [0, 0.1) is 0 Å². The van der Waals surface area contributed by atoms with Gasteiger partial charge in [0.2, 0.25) is 0 Å². The van der Waals surface area contributed by atoms with E-state index in [4.69, 9.17) is 20.3 Å². The van der Waals surface area contributed by atoms with Gasteiger partial charge < -0.3 is 0 Å². The number of aryl methyl sites for hydroxylation is 2. The van der Waals surface area contributed by atoms with Crippen LogP contribution in [0.2, 0.25) is 0 Å². The van der Waals surface area contributed by atoms with Crippen molar-refractivity contribution in [1.82, 2.24) is 9.97 Å². The molecule has 0 amide bonds. The van der Waals surface area contributed by atoms with Gasteiger partial charge in [-0.25, -0.2) is 0 Å². The summed E-state index contributed by atoms with van der Waals surface area (Å²) >= 11 is 0.382. The summed E-state index contributed by atoms with van der Waals surface area (Å²) in [5.41, 5.74) is 2.76. The molecule has 0 spiro atoms. The summed E-state index contributed by atoms with van der Waals surface area (Å²) in [6.45, 7) is 4.36. The zero-order chi connectivity index (χ0) is 15.8. The summed E-state index contributed by atoms with van der Waals surface area (Å²) in [5.74, 6) is 0. The number of rotatable bonds is 4. The summed E-state index contributed by atoms with van der Waals surface area (Å²) in [4.78, 5) is 7.86. The molecule has 0 aliphatic carbocycles. The maximum absolute atomic E-state index is 4.73. The Balaban J connectivity index is 0.000000322. The van der Waals surface area contributed by atoms with Crippen molar-refractivity contribution < 1.29 is 12.9 Å². The Kier molecular flexibility index (Phi) is 15.3. The van der Waals surface area contributed by atoms with Crippen LogP contribution in [0.1, 0.15) is 37.8 Å². The van der Waals surface area contributed by atoms with E-state index in [9.17, 15) is 0 Å². The molecule has 0 N–H and O–H groups in total. The SMILES string of the molecule is CCCc1ccncc1.CCCc1ccncc1.[Cl][Co][Cl]. The number of hydrogen-bond acceptors (Lipinski definition) is 2. The Morgan fingerprint density at radius 1 is 0.762 bits per heavy atom. The average molecular weight is 372 g/mol. The van der Waals surface area contributed by atoms with E-state index >= 15 is 0 Å². The van der Waals surface area contributed by atoms with Crippen LogP contribution < -0.4 is 0 Å². The van der Waals surface area contributed by atoms with Gasteiger partial charge in [-0.05, 0) is 48.2 Å². The molecule has 2 nitrogen and oxygen atoms in total. The molecule has 0 fully saturated rings. The minimum absolute atomic E-state index is 0.382. The van der Waals surface area contributed by atoms with Crippen molar-refractivity contribution in [3.8, 4) is 0 Å². The fourth-order valence-electron chi connectivity index (χ4n) is 1.68. The van der Waals surface area contributed by atoms with Gasteiger partial charge in [0.1, 0.15) is 0 Å². The zero-order valence-electron chi connectivity index (χ0n) is 12.4. The summed E-state index contributed by atoms with van der Waals surface area (Å²) in [6, 6.07) is 8.24. The molecule has 0 aliphatic rings. The Hall–Kier alpha value is -0.614. The molecule has 2 aromatic heterocycles. The molecule has 21 heavy (non-hydrogen) atoms. The molecule has 0 saturated heterocycles. The number of aromatic nitrogens is 2. The quantitative estimate of drug-likeness (QED) is 0.714. The van der Waals surface area contributed by atoms with Gasteiger partial charge in [-0.15, -0.1) is 0 Å². The average Bonchev–Trinajstić information content (AvgIpc) is 2.52. The molecule has 2 heterocycles. The zero-order valence-corrected chi connectivity index (χ0v) is 15.0. The first-order valence-corrected chi connectivity index (χ1v) is 9.76. The van der Waals surface area contributed by atoms with Crippen LogP contribution in [0.25, 0.3) is 0 Å². The molecule has 0 bridgehead atoms. The molecule has 5 heteroatoms. The van der Waals surface area contributed by atoms with Crippen LogP contribution in [0.5, 0.6) is 0 Å². The van der Waals surface area contributed by atoms with Gasteiger partial charge in [0, 0.05) is 24.8 Å². The molecular formula is C16H22Cl2CoN2. The summed E-state index contributed by atoms with van der Waals surface area (Å²) in [6.07, 6.45) is 12.1. The van der Waals surface area contributed by atoms with E-state index in [1.165, 1.54) is 36.8 Å². The van der Waals surface area contributed by atoms with Crippen LogP contribution in [-0.4, -0.2) is 9.97 Å². The predicted octanol–water partition coefficient (Wildman–Crippen LogP) is 5.44. The van der Waals surface area contributed by atoms with E-state index in [-0.39, 0.29) is 0 Å². The maximum atomic E-state index is 4.73. The fraction of sp³-hybridized carbons (Fsp3) is 0.375. The molecule has 2 aromatic rings. The van der Waals surface area contributed by atoms with Crippen molar-refractivity contribution in [2.45, 2.75) is 39.5 Å². The Morgan fingerprint density at radius 2 is 1.05 bits per heavy atom. The Morgan fingerprint density at radius 3 is 1.29 bits per heavy atom. The van der Waals surface area contributed by atoms with Crippen molar-refractivity contribution >= 4 is 20.3 Å². The fourth-order valence-corrected chi connectivity index (χ4v) is 1.68. The summed E-state index contributed by atoms with van der Waals surface area (Å²) in [5, 5.41) is 0. The van der Waals surface area contributed by atoms with E-state index in [2.05, 4.69) is 48.1 Å². The van der Waals surface area contributed by atoms with Crippen LogP contribution in [0.3, 0.4) is 0 Å². The topological polar surface area (TPSA) is 25.8 Å². The molecule has 0 aliphatic heterocycles. The van der Waals surface area contributed by atoms with Crippen molar-refractivity contribution in [3.05, 3.63) is 60.2 Å². The van der Waals surface area contributed by atoms with E-state index in [0.717, 1.165) is 0 Å². The normalized spacial score (nSPS) is 9.14. The van der Waals surface area contributed by atoms with Crippen LogP contribution in [0.15, 0.2) is 49.1 Å². The third-order valence-electron chi connectivity index (χ3n) is 2.58. The molecule has 0 radical (unpaired) electrons. The Bertz CT molecular complexity index is 385. The van der Waals surface area contributed by atoms with E-state index in [1.807, 2.05) is 24.8 Å². The summed E-state index contributed by atoms with van der Waals surface area (Å²) < 4.78 is 0. The van der Waals surface area contributed by atoms with Gasteiger partial charge in [-0.1, -0.05) is 26.7 Å². The predicted molar refractivity (Wildman–Crippen MR) is 88.2 cm³/mol. The number of hydrogen-bond donors (Lipinski definition) is 0. The second-order valence-electron chi connectivity index (χ2n) is 4.26. The van der Waals surface area contributed by atoms with Crippen LogP contribution in [0.4, 0.5) is 0 Å². The summed E-state index contributed by atoms with van der Waals surface area (Å²) in [7, 11) is 9.47. The first-order chi connectivity index (χ1) is 10.3. The van der Waals surface area contributed by atoms with E-state index in [1.54, 1.807) is 0 Å². The first kappa shape index (κ1) is 20.4. The van der Waals surface area contributed by atoms with Crippen molar-refractivity contribution in [1.29, 1.82) is 0 Å². The first-order valence-electron chi connectivity index (χ1n) is 6.89. The van der Waals surface area contributed by atoms with Crippen molar-refractivity contribution in [2.24, 2.45) is 0 Å². The number of halogens is 2. The van der Waals surface area contributed by atoms with Crippen molar-refractivity contribution in [3.63, 3.8) is 0 Å². The van der Waals surface area contributed by atoms with E-state index < -0.39 is 0 Å².